The first-order valence-electron chi connectivity index (χ1n) is 8.35. The number of carbonyl (C=O) groups excluding carboxylic acids is 1. The van der Waals surface area contributed by atoms with Crippen LogP contribution in [0.2, 0.25) is 0 Å². The molecule has 25 heavy (non-hydrogen) atoms. The van der Waals surface area contributed by atoms with E-state index >= 15 is 0 Å². The van der Waals surface area contributed by atoms with E-state index in [0.29, 0.717) is 0 Å². The maximum absolute atomic E-state index is 12.6. The van der Waals surface area contributed by atoms with Crippen molar-refractivity contribution in [3.8, 4) is 0 Å². The van der Waals surface area contributed by atoms with Gasteiger partial charge in [-0.1, -0.05) is 48.5 Å². The third-order valence-electron chi connectivity index (χ3n) is 4.06. The number of carbonyl (C=O) groups is 1. The van der Waals surface area contributed by atoms with Crippen LogP contribution in [0.25, 0.3) is 0 Å². The van der Waals surface area contributed by atoms with E-state index in [0.717, 1.165) is 16.8 Å². The minimum absolute atomic E-state index is 0.000500. The van der Waals surface area contributed by atoms with Gasteiger partial charge in [-0.05, 0) is 48.6 Å². The van der Waals surface area contributed by atoms with E-state index in [-0.39, 0.29) is 18.0 Å². The molecule has 0 saturated carbocycles. The molecule has 0 aliphatic carbocycles. The summed E-state index contributed by atoms with van der Waals surface area (Å²) in [6, 6.07) is 21.9. The van der Waals surface area contributed by atoms with Crippen LogP contribution in [0.3, 0.4) is 0 Å². The van der Waals surface area contributed by atoms with Crippen LogP contribution >= 0.6 is 11.3 Å². The van der Waals surface area contributed by atoms with Gasteiger partial charge in [-0.25, -0.2) is 0 Å². The SMILES string of the molecule is Cc1cccc(NC(=O)[C@H](C)N[C@H](c2ccccc2)c2cccs2)c1. The second kappa shape index (κ2) is 8.10. The summed E-state index contributed by atoms with van der Waals surface area (Å²) in [6.45, 7) is 3.91. The zero-order chi connectivity index (χ0) is 17.6. The largest absolute Gasteiger partial charge is 0.325 e. The molecule has 1 amide bonds. The van der Waals surface area contributed by atoms with E-state index in [2.05, 4.69) is 34.2 Å². The first-order valence-corrected chi connectivity index (χ1v) is 9.23. The van der Waals surface area contributed by atoms with Gasteiger partial charge < -0.3 is 5.32 Å². The van der Waals surface area contributed by atoms with Crippen molar-refractivity contribution < 1.29 is 4.79 Å². The lowest BCUT2D eigenvalue weighted by Gasteiger charge is -2.22. The number of hydrogen-bond acceptors (Lipinski definition) is 3. The van der Waals surface area contributed by atoms with Crippen LogP contribution in [0, 0.1) is 6.92 Å². The highest BCUT2D eigenvalue weighted by Gasteiger charge is 2.21. The van der Waals surface area contributed by atoms with Crippen LogP contribution in [0.4, 0.5) is 5.69 Å². The Bertz CT molecular complexity index is 815. The van der Waals surface area contributed by atoms with Crippen LogP contribution in [-0.2, 0) is 4.79 Å². The molecule has 0 radical (unpaired) electrons. The molecule has 0 spiro atoms. The van der Waals surface area contributed by atoms with Gasteiger partial charge in [0.25, 0.3) is 0 Å². The summed E-state index contributed by atoms with van der Waals surface area (Å²) in [7, 11) is 0. The molecule has 2 atom stereocenters. The molecule has 0 saturated heterocycles. The summed E-state index contributed by atoms with van der Waals surface area (Å²) in [5.74, 6) is -0.0388. The maximum Gasteiger partial charge on any atom is 0.241 e. The molecule has 1 aromatic heterocycles. The molecule has 0 aliphatic rings. The normalized spacial score (nSPS) is 13.2. The van der Waals surface area contributed by atoms with Crippen molar-refractivity contribution >= 4 is 22.9 Å². The number of anilines is 1. The zero-order valence-corrected chi connectivity index (χ0v) is 15.2. The predicted octanol–water partition coefficient (Wildman–Crippen LogP) is 4.76. The second-order valence-corrected chi connectivity index (χ2v) is 7.09. The maximum atomic E-state index is 12.6. The molecule has 3 nitrogen and oxygen atoms in total. The Morgan fingerprint density at radius 2 is 1.80 bits per heavy atom. The Balaban J connectivity index is 1.74. The molecule has 3 aromatic rings. The Morgan fingerprint density at radius 3 is 2.48 bits per heavy atom. The second-order valence-electron chi connectivity index (χ2n) is 6.11. The highest BCUT2D eigenvalue weighted by molar-refractivity contribution is 7.10. The summed E-state index contributed by atoms with van der Waals surface area (Å²) < 4.78 is 0. The number of hydrogen-bond donors (Lipinski definition) is 2. The molecular weight excluding hydrogens is 328 g/mol. The van der Waals surface area contributed by atoms with Gasteiger partial charge in [0, 0.05) is 10.6 Å². The van der Waals surface area contributed by atoms with E-state index in [1.165, 1.54) is 4.88 Å². The van der Waals surface area contributed by atoms with Crippen molar-refractivity contribution in [3.05, 3.63) is 88.1 Å². The lowest BCUT2D eigenvalue weighted by Crippen LogP contribution is -2.40. The molecule has 2 aromatic carbocycles. The van der Waals surface area contributed by atoms with Gasteiger partial charge in [0.15, 0.2) is 0 Å². The molecule has 0 aliphatic heterocycles. The van der Waals surface area contributed by atoms with Gasteiger partial charge in [0.2, 0.25) is 5.91 Å². The van der Waals surface area contributed by atoms with Crippen LogP contribution < -0.4 is 10.6 Å². The van der Waals surface area contributed by atoms with Crippen molar-refractivity contribution in [2.45, 2.75) is 25.9 Å². The summed E-state index contributed by atoms with van der Waals surface area (Å²) in [5, 5.41) is 8.52. The van der Waals surface area contributed by atoms with Crippen molar-refractivity contribution in [2.24, 2.45) is 0 Å². The van der Waals surface area contributed by atoms with Gasteiger partial charge in [0.05, 0.1) is 12.1 Å². The summed E-state index contributed by atoms with van der Waals surface area (Å²) in [4.78, 5) is 13.8. The van der Waals surface area contributed by atoms with E-state index in [9.17, 15) is 4.79 Å². The third-order valence-corrected chi connectivity index (χ3v) is 4.99. The first kappa shape index (κ1) is 17.4. The number of thiophene rings is 1. The van der Waals surface area contributed by atoms with Gasteiger partial charge in [-0.3, -0.25) is 10.1 Å². The molecule has 128 valence electrons. The van der Waals surface area contributed by atoms with E-state index < -0.39 is 0 Å². The van der Waals surface area contributed by atoms with Crippen molar-refractivity contribution in [1.82, 2.24) is 5.32 Å². The molecule has 0 bridgehead atoms. The lowest BCUT2D eigenvalue weighted by atomic mass is 10.0. The fraction of sp³-hybridized carbons (Fsp3) is 0.190. The number of aryl methyl sites for hydroxylation is 1. The standard InChI is InChI=1S/C21H22N2OS/c1-15-8-6-11-18(14-15)23-21(24)16(2)22-20(19-12-7-13-25-19)17-9-4-3-5-10-17/h3-14,16,20,22H,1-2H3,(H,23,24)/t16-,20+/m0/s1. The highest BCUT2D eigenvalue weighted by atomic mass is 32.1. The zero-order valence-electron chi connectivity index (χ0n) is 14.4. The Labute approximate surface area is 152 Å². The number of rotatable bonds is 6. The Morgan fingerprint density at radius 1 is 1.00 bits per heavy atom. The minimum atomic E-state index is -0.326. The van der Waals surface area contributed by atoms with Crippen molar-refractivity contribution in [1.29, 1.82) is 0 Å². The van der Waals surface area contributed by atoms with Crippen molar-refractivity contribution in [3.63, 3.8) is 0 Å². The number of benzene rings is 2. The average molecular weight is 350 g/mol. The number of nitrogens with one attached hydrogen (secondary N) is 2. The highest BCUT2D eigenvalue weighted by Crippen LogP contribution is 2.26. The van der Waals surface area contributed by atoms with Gasteiger partial charge in [-0.2, -0.15) is 0 Å². The average Bonchev–Trinajstić information content (AvgIpc) is 3.14. The number of amides is 1. The molecule has 0 unspecified atom stereocenters. The molecule has 1 heterocycles. The fourth-order valence-electron chi connectivity index (χ4n) is 2.74. The third kappa shape index (κ3) is 4.56. The topological polar surface area (TPSA) is 41.1 Å². The fourth-order valence-corrected chi connectivity index (χ4v) is 3.55. The summed E-state index contributed by atoms with van der Waals surface area (Å²) in [5.41, 5.74) is 3.10. The molecule has 3 rings (SSSR count). The van der Waals surface area contributed by atoms with Crippen LogP contribution in [-0.4, -0.2) is 11.9 Å². The molecular formula is C21H22N2OS. The van der Waals surface area contributed by atoms with Gasteiger partial charge >= 0.3 is 0 Å². The lowest BCUT2D eigenvalue weighted by molar-refractivity contribution is -0.117. The quantitative estimate of drug-likeness (QED) is 0.673. The molecule has 2 N–H and O–H groups in total. The summed E-state index contributed by atoms with van der Waals surface area (Å²) in [6.07, 6.45) is 0. The van der Waals surface area contributed by atoms with Gasteiger partial charge in [0.1, 0.15) is 0 Å². The Hall–Kier alpha value is -2.43. The van der Waals surface area contributed by atoms with E-state index in [4.69, 9.17) is 0 Å². The summed E-state index contributed by atoms with van der Waals surface area (Å²) >= 11 is 1.69. The van der Waals surface area contributed by atoms with E-state index in [1.807, 2.05) is 62.4 Å². The smallest absolute Gasteiger partial charge is 0.241 e. The van der Waals surface area contributed by atoms with Crippen LogP contribution in [0.15, 0.2) is 72.1 Å². The monoisotopic (exact) mass is 350 g/mol. The first-order chi connectivity index (χ1) is 12.1. The predicted molar refractivity (Wildman–Crippen MR) is 105 cm³/mol. The van der Waals surface area contributed by atoms with E-state index in [1.54, 1.807) is 11.3 Å². The van der Waals surface area contributed by atoms with Gasteiger partial charge in [-0.15, -0.1) is 11.3 Å². The van der Waals surface area contributed by atoms with Crippen molar-refractivity contribution in [2.75, 3.05) is 5.32 Å². The molecule has 4 heteroatoms. The van der Waals surface area contributed by atoms with Crippen LogP contribution in [0.1, 0.15) is 29.0 Å². The minimum Gasteiger partial charge on any atom is -0.325 e. The Kier molecular flexibility index (Phi) is 5.64. The van der Waals surface area contributed by atoms with Crippen LogP contribution in [0.5, 0.6) is 0 Å². The molecule has 0 fully saturated rings.